The monoisotopic (exact) mass is 337 g/mol. The Morgan fingerprint density at radius 3 is 2.57 bits per heavy atom. The molecule has 1 saturated heterocycles. The van der Waals surface area contributed by atoms with Crippen LogP contribution >= 0.6 is 0 Å². The van der Waals surface area contributed by atoms with Crippen molar-refractivity contribution in [2.75, 3.05) is 19.4 Å². The van der Waals surface area contributed by atoms with E-state index in [1.165, 1.54) is 25.7 Å². The first-order valence-corrected chi connectivity index (χ1v) is 10.4. The molecule has 1 saturated carbocycles. The summed E-state index contributed by atoms with van der Waals surface area (Å²) in [5.41, 5.74) is 1.16. The van der Waals surface area contributed by atoms with E-state index in [9.17, 15) is 8.42 Å². The zero-order valence-electron chi connectivity index (χ0n) is 13.8. The number of benzene rings is 1. The van der Waals surface area contributed by atoms with E-state index in [-0.39, 0.29) is 11.3 Å². The topological polar surface area (TPSA) is 55.4 Å². The summed E-state index contributed by atoms with van der Waals surface area (Å²) in [6, 6.07) is 8.30. The van der Waals surface area contributed by atoms with Crippen LogP contribution in [0.2, 0.25) is 0 Å². The van der Waals surface area contributed by atoms with Crippen LogP contribution in [0, 0.1) is 5.92 Å². The average molecular weight is 337 g/mol. The van der Waals surface area contributed by atoms with Gasteiger partial charge in [-0.15, -0.1) is 0 Å². The molecule has 1 aromatic carbocycles. The van der Waals surface area contributed by atoms with Crippen LogP contribution in [-0.2, 0) is 9.84 Å². The molecule has 4 nitrogen and oxygen atoms in total. The van der Waals surface area contributed by atoms with E-state index < -0.39 is 9.84 Å². The third-order valence-electron chi connectivity index (χ3n) is 5.37. The molecule has 0 spiro atoms. The van der Waals surface area contributed by atoms with E-state index in [0.717, 1.165) is 24.2 Å². The zero-order valence-corrected chi connectivity index (χ0v) is 14.6. The predicted molar refractivity (Wildman–Crippen MR) is 92.5 cm³/mol. The Labute approximate surface area is 139 Å². The van der Waals surface area contributed by atoms with Gasteiger partial charge in [0.25, 0.3) is 0 Å². The summed E-state index contributed by atoms with van der Waals surface area (Å²) in [5.74, 6) is 1.81. The molecule has 1 N–H and O–H groups in total. The summed E-state index contributed by atoms with van der Waals surface area (Å²) in [5, 5.41) is 3.37. The van der Waals surface area contributed by atoms with Crippen molar-refractivity contribution in [2.24, 2.45) is 5.92 Å². The van der Waals surface area contributed by atoms with Crippen molar-refractivity contribution >= 4 is 9.84 Å². The van der Waals surface area contributed by atoms with Crippen molar-refractivity contribution < 1.29 is 13.2 Å². The lowest BCUT2D eigenvalue weighted by Gasteiger charge is -2.28. The SMILES string of the molecule is COc1ccccc1[C@@H](NC[C@H]1CCCS1(=O)=O)C1CCCC1. The Morgan fingerprint density at radius 2 is 1.91 bits per heavy atom. The zero-order chi connectivity index (χ0) is 16.3. The molecule has 0 unspecified atom stereocenters. The van der Waals surface area contributed by atoms with Crippen LogP contribution in [0.4, 0.5) is 0 Å². The Morgan fingerprint density at radius 1 is 1.17 bits per heavy atom. The molecule has 0 bridgehead atoms. The van der Waals surface area contributed by atoms with Gasteiger partial charge in [-0.05, 0) is 37.7 Å². The molecule has 0 radical (unpaired) electrons. The molecule has 128 valence electrons. The molecule has 0 amide bonds. The van der Waals surface area contributed by atoms with Crippen molar-refractivity contribution in [1.82, 2.24) is 5.32 Å². The number of nitrogens with one attached hydrogen (secondary N) is 1. The van der Waals surface area contributed by atoms with Crippen LogP contribution in [0.5, 0.6) is 5.75 Å². The van der Waals surface area contributed by atoms with Gasteiger partial charge < -0.3 is 10.1 Å². The van der Waals surface area contributed by atoms with Crippen molar-refractivity contribution in [2.45, 2.75) is 49.8 Å². The quantitative estimate of drug-likeness (QED) is 0.867. The third-order valence-corrected chi connectivity index (χ3v) is 7.65. The summed E-state index contributed by atoms with van der Waals surface area (Å²) in [4.78, 5) is 0. The van der Waals surface area contributed by atoms with Crippen molar-refractivity contribution in [3.8, 4) is 5.75 Å². The number of sulfone groups is 1. The van der Waals surface area contributed by atoms with Crippen molar-refractivity contribution in [3.63, 3.8) is 0 Å². The number of rotatable bonds is 6. The maximum absolute atomic E-state index is 12.1. The fourth-order valence-corrected chi connectivity index (χ4v) is 5.87. The summed E-state index contributed by atoms with van der Waals surface area (Å²) in [7, 11) is -1.20. The maximum atomic E-state index is 12.1. The standard InChI is InChI=1S/C18H27NO3S/c1-22-17-11-5-4-10-16(17)18(14-7-2-3-8-14)19-13-15-9-6-12-23(15,20)21/h4-5,10-11,14-15,18-19H,2-3,6-9,12-13H2,1H3/t15-,18+/m1/s1. The first kappa shape index (κ1) is 16.8. The Bertz CT molecular complexity index is 623. The van der Waals surface area contributed by atoms with Gasteiger partial charge in [-0.25, -0.2) is 8.42 Å². The molecular weight excluding hydrogens is 310 g/mol. The molecule has 3 rings (SSSR count). The maximum Gasteiger partial charge on any atom is 0.154 e. The van der Waals surface area contributed by atoms with Crippen molar-refractivity contribution in [1.29, 1.82) is 0 Å². The molecular formula is C18H27NO3S. The number of methoxy groups -OCH3 is 1. The first-order chi connectivity index (χ1) is 11.1. The lowest BCUT2D eigenvalue weighted by atomic mass is 9.91. The minimum atomic E-state index is -2.90. The molecule has 2 aliphatic rings. The second-order valence-corrected chi connectivity index (χ2v) is 9.20. The Hall–Kier alpha value is -1.07. The molecule has 5 heteroatoms. The largest absolute Gasteiger partial charge is 0.496 e. The first-order valence-electron chi connectivity index (χ1n) is 8.69. The van der Waals surface area contributed by atoms with Gasteiger partial charge in [0, 0.05) is 18.2 Å². The summed E-state index contributed by atoms with van der Waals surface area (Å²) in [6.07, 6.45) is 6.52. The highest BCUT2D eigenvalue weighted by Crippen LogP contribution is 2.39. The van der Waals surface area contributed by atoms with Gasteiger partial charge in [0.15, 0.2) is 9.84 Å². The van der Waals surface area contributed by atoms with Crippen LogP contribution < -0.4 is 10.1 Å². The summed E-state index contributed by atoms with van der Waals surface area (Å²) in [6.45, 7) is 0.557. The van der Waals surface area contributed by atoms with Gasteiger partial charge >= 0.3 is 0 Å². The predicted octanol–water partition coefficient (Wildman–Crippen LogP) is 3.09. The molecule has 23 heavy (non-hydrogen) atoms. The molecule has 0 aromatic heterocycles. The number of para-hydroxylation sites is 1. The Balaban J connectivity index is 1.78. The molecule has 1 heterocycles. The van der Waals surface area contributed by atoms with Crippen LogP contribution in [0.1, 0.15) is 50.1 Å². The Kier molecular flexibility index (Phi) is 5.27. The minimum absolute atomic E-state index is 0.185. The second kappa shape index (κ2) is 7.22. The highest BCUT2D eigenvalue weighted by atomic mass is 32.2. The highest BCUT2D eigenvalue weighted by molar-refractivity contribution is 7.92. The number of ether oxygens (including phenoxy) is 1. The lowest BCUT2D eigenvalue weighted by Crippen LogP contribution is -2.36. The van der Waals surface area contributed by atoms with Gasteiger partial charge in [0.05, 0.1) is 18.1 Å². The number of hydrogen-bond acceptors (Lipinski definition) is 4. The molecule has 1 aliphatic heterocycles. The van der Waals surface area contributed by atoms with Crippen LogP contribution in [0.3, 0.4) is 0 Å². The van der Waals surface area contributed by atoms with Crippen LogP contribution in [-0.4, -0.2) is 33.1 Å². The van der Waals surface area contributed by atoms with E-state index in [1.807, 2.05) is 18.2 Å². The van der Waals surface area contributed by atoms with Crippen LogP contribution in [0.15, 0.2) is 24.3 Å². The highest BCUT2D eigenvalue weighted by Gasteiger charge is 2.34. The molecule has 2 fully saturated rings. The smallest absolute Gasteiger partial charge is 0.154 e. The normalized spacial score (nSPS) is 25.5. The van der Waals surface area contributed by atoms with Crippen LogP contribution in [0.25, 0.3) is 0 Å². The molecule has 1 aromatic rings. The van der Waals surface area contributed by atoms with E-state index in [1.54, 1.807) is 7.11 Å². The lowest BCUT2D eigenvalue weighted by molar-refractivity contribution is 0.344. The van der Waals surface area contributed by atoms with E-state index in [0.29, 0.717) is 18.2 Å². The van der Waals surface area contributed by atoms with Gasteiger partial charge in [-0.1, -0.05) is 31.0 Å². The van der Waals surface area contributed by atoms with E-state index in [2.05, 4.69) is 11.4 Å². The van der Waals surface area contributed by atoms with Crippen molar-refractivity contribution in [3.05, 3.63) is 29.8 Å². The van der Waals surface area contributed by atoms with Gasteiger partial charge in [0.2, 0.25) is 0 Å². The van der Waals surface area contributed by atoms with Gasteiger partial charge in [0.1, 0.15) is 5.75 Å². The summed E-state index contributed by atoms with van der Waals surface area (Å²) < 4.78 is 29.7. The summed E-state index contributed by atoms with van der Waals surface area (Å²) >= 11 is 0. The molecule has 2 atom stereocenters. The van der Waals surface area contributed by atoms with E-state index in [4.69, 9.17) is 4.74 Å². The second-order valence-electron chi connectivity index (χ2n) is 6.80. The minimum Gasteiger partial charge on any atom is -0.496 e. The average Bonchev–Trinajstić information content (AvgIpc) is 3.18. The van der Waals surface area contributed by atoms with E-state index >= 15 is 0 Å². The molecule has 1 aliphatic carbocycles. The third kappa shape index (κ3) is 3.72. The van der Waals surface area contributed by atoms with Gasteiger partial charge in [-0.3, -0.25) is 0 Å². The fourth-order valence-electron chi connectivity index (χ4n) is 4.09. The fraction of sp³-hybridized carbons (Fsp3) is 0.667. The number of hydrogen-bond donors (Lipinski definition) is 1. The van der Waals surface area contributed by atoms with Gasteiger partial charge in [-0.2, -0.15) is 0 Å².